The van der Waals surface area contributed by atoms with Crippen molar-refractivity contribution in [1.29, 1.82) is 0 Å². The average Bonchev–Trinajstić information content (AvgIpc) is 2.49. The molecule has 3 aromatic rings. The van der Waals surface area contributed by atoms with Crippen molar-refractivity contribution in [3.05, 3.63) is 60.4 Å². The maximum Gasteiger partial charge on any atom is 0.250 e. The second-order valence-corrected chi connectivity index (χ2v) is 4.66. The summed E-state index contributed by atoms with van der Waals surface area (Å²) in [5.41, 5.74) is 13.5. The van der Waals surface area contributed by atoms with Crippen molar-refractivity contribution in [3.63, 3.8) is 0 Å². The molecule has 0 unspecified atom stereocenters. The quantitative estimate of drug-likeness (QED) is 0.642. The number of amides is 1. The summed E-state index contributed by atoms with van der Waals surface area (Å²) in [6.45, 7) is 0. The number of hydrogen-bond donors (Lipinski definition) is 3. The lowest BCUT2D eigenvalue weighted by Gasteiger charge is -2.14. The zero-order chi connectivity index (χ0) is 14.8. The van der Waals surface area contributed by atoms with Gasteiger partial charge in [-0.2, -0.15) is 0 Å². The first kappa shape index (κ1) is 12.9. The molecule has 21 heavy (non-hydrogen) atoms. The van der Waals surface area contributed by atoms with Crippen molar-refractivity contribution < 1.29 is 4.79 Å². The molecule has 1 aromatic heterocycles. The number of benzene rings is 2. The molecule has 5 heteroatoms. The van der Waals surface area contributed by atoms with Crippen LogP contribution in [0.15, 0.2) is 54.9 Å². The number of nitrogens with zero attached hydrogens (tertiary/aromatic N) is 1. The van der Waals surface area contributed by atoms with Crippen molar-refractivity contribution in [2.75, 3.05) is 11.1 Å². The predicted molar refractivity (Wildman–Crippen MR) is 84.4 cm³/mol. The topological polar surface area (TPSA) is 94.0 Å². The normalized spacial score (nSPS) is 10.5. The van der Waals surface area contributed by atoms with Crippen molar-refractivity contribution in [2.45, 2.75) is 0 Å². The van der Waals surface area contributed by atoms with Crippen LogP contribution >= 0.6 is 0 Å². The van der Waals surface area contributed by atoms with Gasteiger partial charge in [0, 0.05) is 23.5 Å². The molecule has 0 aliphatic rings. The highest BCUT2D eigenvalue weighted by Gasteiger charge is 2.12. The Labute approximate surface area is 121 Å². The van der Waals surface area contributed by atoms with Crippen LogP contribution in [0.4, 0.5) is 17.1 Å². The molecular weight excluding hydrogens is 264 g/mol. The lowest BCUT2D eigenvalue weighted by atomic mass is 10.1. The molecule has 1 amide bonds. The molecule has 0 spiro atoms. The first-order valence-corrected chi connectivity index (χ1v) is 6.45. The number of nitrogen functional groups attached to an aromatic ring is 1. The molecule has 0 atom stereocenters. The number of carbonyl (C=O) groups excluding carboxylic acids is 1. The molecule has 0 saturated carbocycles. The summed E-state index contributed by atoms with van der Waals surface area (Å²) in [4.78, 5) is 15.7. The SMILES string of the molecule is NC(=O)c1cccc(N)c1Nc1cccc2ccncc12. The number of anilines is 3. The van der Waals surface area contributed by atoms with Gasteiger partial charge in [-0.3, -0.25) is 9.78 Å². The van der Waals surface area contributed by atoms with Crippen LogP contribution < -0.4 is 16.8 Å². The molecule has 3 rings (SSSR count). The van der Waals surface area contributed by atoms with Gasteiger partial charge in [0.15, 0.2) is 0 Å². The Hall–Kier alpha value is -3.08. The summed E-state index contributed by atoms with van der Waals surface area (Å²) in [6, 6.07) is 12.8. The van der Waals surface area contributed by atoms with Gasteiger partial charge in [0.1, 0.15) is 0 Å². The maximum atomic E-state index is 11.5. The molecule has 1 heterocycles. The van der Waals surface area contributed by atoms with Gasteiger partial charge in [-0.1, -0.05) is 18.2 Å². The lowest BCUT2D eigenvalue weighted by Crippen LogP contribution is -2.14. The van der Waals surface area contributed by atoms with Crippen molar-refractivity contribution in [1.82, 2.24) is 4.98 Å². The van der Waals surface area contributed by atoms with Crippen LogP contribution in [0.1, 0.15) is 10.4 Å². The average molecular weight is 278 g/mol. The predicted octanol–water partition coefficient (Wildman–Crippen LogP) is 2.66. The third-order valence-electron chi connectivity index (χ3n) is 3.31. The number of primary amides is 1. The summed E-state index contributed by atoms with van der Waals surface area (Å²) in [6.07, 6.45) is 3.50. The number of fused-ring (bicyclic) bond motifs is 1. The highest BCUT2D eigenvalue weighted by molar-refractivity contribution is 6.04. The fourth-order valence-electron chi connectivity index (χ4n) is 2.27. The standard InChI is InChI=1S/C16H14N4O/c17-13-5-2-4-11(16(18)21)15(13)20-14-6-1-3-10-7-8-19-9-12(10)14/h1-9,20H,17H2,(H2,18,21). The largest absolute Gasteiger partial charge is 0.397 e. The summed E-state index contributed by atoms with van der Waals surface area (Å²) in [5, 5.41) is 5.19. The van der Waals surface area contributed by atoms with Crippen molar-refractivity contribution >= 4 is 33.7 Å². The van der Waals surface area contributed by atoms with Gasteiger partial charge >= 0.3 is 0 Å². The first-order chi connectivity index (χ1) is 10.2. The van der Waals surface area contributed by atoms with E-state index in [-0.39, 0.29) is 0 Å². The number of aromatic nitrogens is 1. The summed E-state index contributed by atoms with van der Waals surface area (Å²) < 4.78 is 0. The zero-order valence-corrected chi connectivity index (χ0v) is 11.2. The first-order valence-electron chi connectivity index (χ1n) is 6.45. The molecule has 0 radical (unpaired) electrons. The number of nitrogens with two attached hydrogens (primary N) is 2. The van der Waals surface area contributed by atoms with Crippen LogP contribution in [-0.4, -0.2) is 10.9 Å². The number of rotatable bonds is 3. The molecule has 5 nitrogen and oxygen atoms in total. The van der Waals surface area contributed by atoms with E-state index in [4.69, 9.17) is 11.5 Å². The van der Waals surface area contributed by atoms with Gasteiger partial charge < -0.3 is 16.8 Å². The third kappa shape index (κ3) is 2.36. The number of hydrogen-bond acceptors (Lipinski definition) is 4. The van der Waals surface area contributed by atoms with Crippen LogP contribution in [0, 0.1) is 0 Å². The highest BCUT2D eigenvalue weighted by atomic mass is 16.1. The minimum atomic E-state index is -0.525. The van der Waals surface area contributed by atoms with Gasteiger partial charge in [0.05, 0.1) is 16.9 Å². The van der Waals surface area contributed by atoms with Crippen LogP contribution in [0.5, 0.6) is 0 Å². The van der Waals surface area contributed by atoms with E-state index in [2.05, 4.69) is 10.3 Å². The van der Waals surface area contributed by atoms with Gasteiger partial charge in [-0.25, -0.2) is 0 Å². The summed E-state index contributed by atoms with van der Waals surface area (Å²) in [5.74, 6) is -0.525. The van der Waals surface area contributed by atoms with E-state index in [1.807, 2.05) is 24.3 Å². The molecule has 0 saturated heterocycles. The van der Waals surface area contributed by atoms with Crippen molar-refractivity contribution in [3.8, 4) is 0 Å². The van der Waals surface area contributed by atoms with E-state index >= 15 is 0 Å². The van der Waals surface area contributed by atoms with E-state index in [1.165, 1.54) is 0 Å². The number of pyridine rings is 1. The second kappa shape index (κ2) is 5.13. The third-order valence-corrected chi connectivity index (χ3v) is 3.31. The van der Waals surface area contributed by atoms with E-state index in [1.54, 1.807) is 30.6 Å². The summed E-state index contributed by atoms with van der Waals surface area (Å²) >= 11 is 0. The van der Waals surface area contributed by atoms with Gasteiger partial charge in [-0.05, 0) is 29.7 Å². The van der Waals surface area contributed by atoms with E-state index < -0.39 is 5.91 Å². The molecule has 5 N–H and O–H groups in total. The Morgan fingerprint density at radius 2 is 1.90 bits per heavy atom. The highest BCUT2D eigenvalue weighted by Crippen LogP contribution is 2.30. The van der Waals surface area contributed by atoms with Gasteiger partial charge in [-0.15, -0.1) is 0 Å². The molecular formula is C16H14N4O. The smallest absolute Gasteiger partial charge is 0.250 e. The van der Waals surface area contributed by atoms with E-state index in [9.17, 15) is 4.79 Å². The molecule has 0 aliphatic carbocycles. The van der Waals surface area contributed by atoms with E-state index in [0.29, 0.717) is 16.9 Å². The number of carbonyl (C=O) groups is 1. The minimum Gasteiger partial charge on any atom is -0.397 e. The molecule has 0 aliphatic heterocycles. The Morgan fingerprint density at radius 3 is 2.71 bits per heavy atom. The van der Waals surface area contributed by atoms with Crippen LogP contribution in [-0.2, 0) is 0 Å². The van der Waals surface area contributed by atoms with Crippen LogP contribution in [0.2, 0.25) is 0 Å². The Morgan fingerprint density at radius 1 is 1.10 bits per heavy atom. The van der Waals surface area contributed by atoms with Gasteiger partial charge in [0.2, 0.25) is 0 Å². The van der Waals surface area contributed by atoms with E-state index in [0.717, 1.165) is 16.5 Å². The van der Waals surface area contributed by atoms with Crippen LogP contribution in [0.25, 0.3) is 10.8 Å². The molecule has 104 valence electrons. The molecule has 0 bridgehead atoms. The lowest BCUT2D eigenvalue weighted by molar-refractivity contribution is 0.100. The maximum absolute atomic E-state index is 11.5. The Balaban J connectivity index is 2.13. The zero-order valence-electron chi connectivity index (χ0n) is 11.2. The fourth-order valence-corrected chi connectivity index (χ4v) is 2.27. The molecule has 2 aromatic carbocycles. The number of nitrogens with one attached hydrogen (secondary N) is 1. The number of para-hydroxylation sites is 1. The fraction of sp³-hybridized carbons (Fsp3) is 0. The van der Waals surface area contributed by atoms with Crippen molar-refractivity contribution in [2.24, 2.45) is 5.73 Å². The van der Waals surface area contributed by atoms with Gasteiger partial charge in [0.25, 0.3) is 5.91 Å². The van der Waals surface area contributed by atoms with Crippen LogP contribution in [0.3, 0.4) is 0 Å². The Bertz CT molecular complexity index is 824. The summed E-state index contributed by atoms with van der Waals surface area (Å²) in [7, 11) is 0. The molecule has 0 fully saturated rings. The second-order valence-electron chi connectivity index (χ2n) is 4.66. The monoisotopic (exact) mass is 278 g/mol. The minimum absolute atomic E-state index is 0.357. The Kier molecular flexibility index (Phi) is 3.16.